The lowest BCUT2D eigenvalue weighted by Gasteiger charge is -2.38. The second-order valence-electron chi connectivity index (χ2n) is 5.67. The van der Waals surface area contributed by atoms with Crippen molar-refractivity contribution in [1.82, 2.24) is 4.90 Å². The monoisotopic (exact) mass is 314 g/mol. The molecule has 120 valence electrons. The number of anilines is 1. The Morgan fingerprint density at radius 2 is 2.04 bits per heavy atom. The van der Waals surface area contributed by atoms with Gasteiger partial charge in [0.05, 0.1) is 19.2 Å². The molecule has 1 saturated heterocycles. The van der Waals surface area contributed by atoms with Crippen molar-refractivity contribution in [2.45, 2.75) is 20.0 Å². The number of carbonyl (C=O) groups is 1. The number of benzene rings is 1. The third kappa shape index (κ3) is 3.71. The molecule has 0 radical (unpaired) electrons. The Morgan fingerprint density at radius 3 is 2.74 bits per heavy atom. The van der Waals surface area contributed by atoms with Crippen LogP contribution in [0.15, 0.2) is 45.6 Å². The molecular formula is C17H18N2O4. The summed E-state index contributed by atoms with van der Waals surface area (Å²) in [5.74, 6) is 0.975. The van der Waals surface area contributed by atoms with Crippen LogP contribution in [0.25, 0.3) is 0 Å². The summed E-state index contributed by atoms with van der Waals surface area (Å²) in [6, 6.07) is 10.5. The normalized spacial score (nSPS) is 14.3. The number of rotatable bonds is 3. The number of nitrogens with one attached hydrogen (secondary N) is 1. The fourth-order valence-corrected chi connectivity index (χ4v) is 2.44. The number of nitrogens with zero attached hydrogens (tertiary/aromatic N) is 1. The van der Waals surface area contributed by atoms with Gasteiger partial charge in [-0.25, -0.2) is 9.59 Å². The van der Waals surface area contributed by atoms with Crippen molar-refractivity contribution in [3.05, 3.63) is 58.1 Å². The maximum Gasteiger partial charge on any atom is 0.339 e. The Hall–Kier alpha value is -2.76. The zero-order valence-corrected chi connectivity index (χ0v) is 13.0. The van der Waals surface area contributed by atoms with Crippen LogP contribution in [-0.4, -0.2) is 30.1 Å². The van der Waals surface area contributed by atoms with E-state index in [9.17, 15) is 9.59 Å². The average Bonchev–Trinajstić information content (AvgIpc) is 2.41. The lowest BCUT2D eigenvalue weighted by Crippen LogP contribution is -2.57. The molecule has 2 amide bonds. The summed E-state index contributed by atoms with van der Waals surface area (Å²) in [6.45, 7) is 4.63. The molecular weight excluding hydrogens is 296 g/mol. The van der Waals surface area contributed by atoms with Crippen LogP contribution < -0.4 is 15.7 Å². The smallest absolute Gasteiger partial charge is 0.339 e. The van der Waals surface area contributed by atoms with Gasteiger partial charge in [0.15, 0.2) is 0 Å². The molecule has 2 heterocycles. The molecule has 0 bridgehead atoms. The van der Waals surface area contributed by atoms with E-state index in [0.29, 0.717) is 24.6 Å². The second kappa shape index (κ2) is 6.16. The summed E-state index contributed by atoms with van der Waals surface area (Å²) in [6.07, 6.45) is -0.112. The predicted octanol–water partition coefficient (Wildman–Crippen LogP) is 2.55. The second-order valence-corrected chi connectivity index (χ2v) is 5.67. The first-order valence-electron chi connectivity index (χ1n) is 7.40. The van der Waals surface area contributed by atoms with Crippen molar-refractivity contribution in [1.29, 1.82) is 0 Å². The Morgan fingerprint density at radius 1 is 1.26 bits per heavy atom. The first-order valence-corrected chi connectivity index (χ1v) is 7.40. The molecule has 23 heavy (non-hydrogen) atoms. The van der Waals surface area contributed by atoms with Crippen molar-refractivity contribution in [2.24, 2.45) is 0 Å². The lowest BCUT2D eigenvalue weighted by atomic mass is 10.2. The van der Waals surface area contributed by atoms with Crippen LogP contribution in [0.5, 0.6) is 5.75 Å². The van der Waals surface area contributed by atoms with Crippen LogP contribution in [-0.2, 0) is 0 Å². The molecule has 1 aliphatic heterocycles. The van der Waals surface area contributed by atoms with E-state index in [2.05, 4.69) is 5.32 Å². The van der Waals surface area contributed by atoms with E-state index < -0.39 is 5.63 Å². The van der Waals surface area contributed by atoms with Gasteiger partial charge < -0.3 is 19.4 Å². The zero-order chi connectivity index (χ0) is 16.4. The number of likely N-dealkylation sites (tertiary alicyclic amines) is 1. The summed E-state index contributed by atoms with van der Waals surface area (Å²) < 4.78 is 10.6. The molecule has 6 nitrogen and oxygen atoms in total. The Kier molecular flexibility index (Phi) is 4.06. The van der Waals surface area contributed by atoms with Crippen molar-refractivity contribution in [3.63, 3.8) is 0 Å². The van der Waals surface area contributed by atoms with Crippen LogP contribution >= 0.6 is 0 Å². The van der Waals surface area contributed by atoms with Gasteiger partial charge in [0.25, 0.3) is 0 Å². The molecule has 0 atom stereocenters. The third-order valence-corrected chi connectivity index (χ3v) is 3.57. The number of hydrogen-bond donors (Lipinski definition) is 1. The van der Waals surface area contributed by atoms with E-state index in [-0.39, 0.29) is 12.1 Å². The van der Waals surface area contributed by atoms with Gasteiger partial charge in [-0.15, -0.1) is 0 Å². The molecule has 1 fully saturated rings. The molecule has 1 aromatic carbocycles. The molecule has 2 aromatic rings. The van der Waals surface area contributed by atoms with Gasteiger partial charge in [-0.1, -0.05) is 12.1 Å². The largest absolute Gasteiger partial charge is 0.486 e. The van der Waals surface area contributed by atoms with Crippen LogP contribution in [0, 0.1) is 13.8 Å². The fraction of sp³-hybridized carbons (Fsp3) is 0.294. The summed E-state index contributed by atoms with van der Waals surface area (Å²) in [5, 5.41) is 2.85. The van der Waals surface area contributed by atoms with Crippen molar-refractivity contribution < 1.29 is 13.9 Å². The molecule has 6 heteroatoms. The molecule has 1 aromatic heterocycles. The van der Waals surface area contributed by atoms with Crippen molar-refractivity contribution >= 4 is 11.7 Å². The molecule has 1 N–H and O–H groups in total. The maximum absolute atomic E-state index is 12.1. The van der Waals surface area contributed by atoms with E-state index in [1.807, 2.05) is 31.2 Å². The van der Waals surface area contributed by atoms with Gasteiger partial charge in [0.1, 0.15) is 17.6 Å². The van der Waals surface area contributed by atoms with Crippen molar-refractivity contribution in [3.8, 4) is 5.75 Å². The highest BCUT2D eigenvalue weighted by Crippen LogP contribution is 2.19. The minimum atomic E-state index is -0.437. The highest BCUT2D eigenvalue weighted by molar-refractivity contribution is 5.90. The standard InChI is InChI=1S/C17H18N2O4/c1-11-4-3-5-13(6-11)18-17(21)19-9-15(10-19)23-14-7-12(2)22-16(20)8-14/h3-8,15H,9-10H2,1-2H3,(H,18,21). The number of carbonyl (C=O) groups excluding carboxylic acids is 1. The van der Waals surface area contributed by atoms with Crippen LogP contribution in [0.1, 0.15) is 11.3 Å². The number of urea groups is 1. The van der Waals surface area contributed by atoms with Gasteiger partial charge in [0, 0.05) is 11.8 Å². The summed E-state index contributed by atoms with van der Waals surface area (Å²) in [4.78, 5) is 25.0. The average molecular weight is 314 g/mol. The van der Waals surface area contributed by atoms with Gasteiger partial charge in [-0.3, -0.25) is 0 Å². The van der Waals surface area contributed by atoms with Gasteiger partial charge in [-0.2, -0.15) is 0 Å². The molecule has 0 spiro atoms. The fourth-order valence-electron chi connectivity index (χ4n) is 2.44. The van der Waals surface area contributed by atoms with Gasteiger partial charge in [-0.05, 0) is 31.5 Å². The Labute approximate surface area is 133 Å². The minimum absolute atomic E-state index is 0.112. The summed E-state index contributed by atoms with van der Waals surface area (Å²) in [7, 11) is 0. The quantitative estimate of drug-likeness (QED) is 0.945. The zero-order valence-electron chi connectivity index (χ0n) is 13.0. The maximum atomic E-state index is 12.1. The van der Waals surface area contributed by atoms with Crippen LogP contribution in [0.2, 0.25) is 0 Å². The summed E-state index contributed by atoms with van der Waals surface area (Å²) >= 11 is 0. The highest BCUT2D eigenvalue weighted by atomic mass is 16.5. The highest BCUT2D eigenvalue weighted by Gasteiger charge is 2.32. The van der Waals surface area contributed by atoms with Gasteiger partial charge in [0.2, 0.25) is 0 Å². The number of hydrogen-bond acceptors (Lipinski definition) is 4. The minimum Gasteiger partial charge on any atom is -0.486 e. The number of ether oxygens (including phenoxy) is 1. The topological polar surface area (TPSA) is 71.8 Å². The third-order valence-electron chi connectivity index (χ3n) is 3.57. The van der Waals surface area contributed by atoms with E-state index >= 15 is 0 Å². The number of aryl methyl sites for hydroxylation is 2. The van der Waals surface area contributed by atoms with Gasteiger partial charge >= 0.3 is 11.7 Å². The molecule has 1 aliphatic rings. The Balaban J connectivity index is 1.52. The summed E-state index contributed by atoms with van der Waals surface area (Å²) in [5.41, 5.74) is 1.43. The van der Waals surface area contributed by atoms with Crippen LogP contribution in [0.4, 0.5) is 10.5 Å². The molecule has 3 rings (SSSR count). The molecule has 0 unspecified atom stereocenters. The SMILES string of the molecule is Cc1cccc(NC(=O)N2CC(Oc3cc(C)oc(=O)c3)C2)c1. The lowest BCUT2D eigenvalue weighted by molar-refractivity contribution is 0.0487. The molecule has 0 saturated carbocycles. The van der Waals surface area contributed by atoms with E-state index in [4.69, 9.17) is 9.15 Å². The first-order chi connectivity index (χ1) is 11.0. The molecule has 0 aliphatic carbocycles. The van der Waals surface area contributed by atoms with E-state index in [0.717, 1.165) is 11.3 Å². The van der Waals surface area contributed by atoms with Crippen molar-refractivity contribution in [2.75, 3.05) is 18.4 Å². The Bertz CT molecular complexity index is 778. The first kappa shape index (κ1) is 15.1. The predicted molar refractivity (Wildman–Crippen MR) is 85.9 cm³/mol. The van der Waals surface area contributed by atoms with E-state index in [1.165, 1.54) is 6.07 Å². The number of amides is 2. The van der Waals surface area contributed by atoms with Crippen LogP contribution in [0.3, 0.4) is 0 Å². The van der Waals surface area contributed by atoms with E-state index in [1.54, 1.807) is 17.9 Å².